The van der Waals surface area contributed by atoms with Crippen LogP contribution in [0.4, 0.5) is 15.8 Å². The first kappa shape index (κ1) is 19.6. The summed E-state index contributed by atoms with van der Waals surface area (Å²) in [6.07, 6.45) is 0. The molecule has 0 atom stereocenters. The monoisotopic (exact) mass is 383 g/mol. The van der Waals surface area contributed by atoms with E-state index in [0.717, 1.165) is 11.1 Å². The predicted octanol–water partition coefficient (Wildman–Crippen LogP) is 3.72. The molecule has 0 bridgehead atoms. The Morgan fingerprint density at radius 3 is 2.64 bits per heavy atom. The number of pyridine rings is 1. The van der Waals surface area contributed by atoms with Crippen LogP contribution in [-0.4, -0.2) is 45.3 Å². The van der Waals surface area contributed by atoms with E-state index >= 15 is 0 Å². The van der Waals surface area contributed by atoms with Gasteiger partial charge in [0.2, 0.25) is 0 Å². The fourth-order valence-corrected chi connectivity index (χ4v) is 2.77. The van der Waals surface area contributed by atoms with Gasteiger partial charge >= 0.3 is 0 Å². The molecule has 0 saturated heterocycles. The van der Waals surface area contributed by atoms with Crippen LogP contribution >= 0.6 is 0 Å². The number of amides is 1. The average Bonchev–Trinajstić information content (AvgIpc) is 2.68. The number of hydrogen-bond acceptors (Lipinski definition) is 5. The Bertz CT molecular complexity index is 992. The van der Waals surface area contributed by atoms with Gasteiger partial charge in [-0.05, 0) is 24.3 Å². The standard InChI is InChI=1S/C21H22FN3O3/c1-25(2)19-13-18(24-17-7-5-4-6-15(17)19)21(26)23-14-8-9-20(16(22)12-14)28-11-10-27-3/h4-9,12-13H,10-11H2,1-3H3,(H,23,26). The molecule has 1 amide bonds. The van der Waals surface area contributed by atoms with Crippen LogP contribution in [0.25, 0.3) is 10.9 Å². The summed E-state index contributed by atoms with van der Waals surface area (Å²) in [5, 5.41) is 3.64. The Labute approximate surface area is 162 Å². The van der Waals surface area contributed by atoms with Gasteiger partial charge in [0.15, 0.2) is 11.6 Å². The molecule has 6 nitrogen and oxygen atoms in total. The van der Waals surface area contributed by atoms with Crippen molar-refractivity contribution in [3.63, 3.8) is 0 Å². The zero-order valence-electron chi connectivity index (χ0n) is 16.0. The lowest BCUT2D eigenvalue weighted by Gasteiger charge is -2.16. The number of fused-ring (bicyclic) bond motifs is 1. The van der Waals surface area contributed by atoms with Crippen LogP contribution in [0.15, 0.2) is 48.5 Å². The minimum Gasteiger partial charge on any atom is -0.488 e. The molecule has 0 radical (unpaired) electrons. The molecule has 0 fully saturated rings. The third kappa shape index (κ3) is 4.37. The van der Waals surface area contributed by atoms with Gasteiger partial charge in [0.25, 0.3) is 5.91 Å². The second-order valence-corrected chi connectivity index (χ2v) is 6.38. The van der Waals surface area contributed by atoms with Gasteiger partial charge in [0.05, 0.1) is 12.1 Å². The predicted molar refractivity (Wildman–Crippen MR) is 108 cm³/mol. The van der Waals surface area contributed by atoms with Gasteiger partial charge in [0.1, 0.15) is 12.3 Å². The van der Waals surface area contributed by atoms with Crippen LogP contribution in [0.3, 0.4) is 0 Å². The summed E-state index contributed by atoms with van der Waals surface area (Å²) in [6, 6.07) is 13.6. The number of nitrogens with zero attached hydrogens (tertiary/aromatic N) is 2. The van der Waals surface area contributed by atoms with Crippen molar-refractivity contribution >= 4 is 28.2 Å². The lowest BCUT2D eigenvalue weighted by molar-refractivity contribution is 0.102. The Hall–Kier alpha value is -3.19. The molecule has 146 valence electrons. The van der Waals surface area contributed by atoms with E-state index in [9.17, 15) is 9.18 Å². The molecule has 28 heavy (non-hydrogen) atoms. The lowest BCUT2D eigenvalue weighted by atomic mass is 10.1. The Balaban J connectivity index is 1.82. The quantitative estimate of drug-likeness (QED) is 0.630. The van der Waals surface area contributed by atoms with Crippen molar-refractivity contribution in [3.05, 3.63) is 60.0 Å². The molecule has 3 aromatic rings. The van der Waals surface area contributed by atoms with E-state index in [1.807, 2.05) is 43.3 Å². The first-order valence-electron chi connectivity index (χ1n) is 8.79. The van der Waals surface area contributed by atoms with Gasteiger partial charge in [-0.25, -0.2) is 9.37 Å². The highest BCUT2D eigenvalue weighted by atomic mass is 19.1. The molecule has 0 spiro atoms. The molecular formula is C21H22FN3O3. The number of carbonyl (C=O) groups is 1. The largest absolute Gasteiger partial charge is 0.488 e. The minimum atomic E-state index is -0.561. The molecule has 2 aromatic carbocycles. The Morgan fingerprint density at radius 2 is 1.93 bits per heavy atom. The molecule has 0 aliphatic carbocycles. The number of benzene rings is 2. The second kappa shape index (κ2) is 8.67. The van der Waals surface area contributed by atoms with Crippen molar-refractivity contribution in [3.8, 4) is 5.75 Å². The number of halogens is 1. The molecule has 0 saturated carbocycles. The van der Waals surface area contributed by atoms with Crippen molar-refractivity contribution in [1.29, 1.82) is 0 Å². The fraction of sp³-hybridized carbons (Fsp3) is 0.238. The highest BCUT2D eigenvalue weighted by Crippen LogP contribution is 2.26. The van der Waals surface area contributed by atoms with E-state index in [-0.39, 0.29) is 18.1 Å². The zero-order valence-corrected chi connectivity index (χ0v) is 16.0. The molecule has 0 aliphatic rings. The van der Waals surface area contributed by atoms with E-state index in [0.29, 0.717) is 17.8 Å². The van der Waals surface area contributed by atoms with Gasteiger partial charge in [-0.3, -0.25) is 4.79 Å². The minimum absolute atomic E-state index is 0.105. The number of anilines is 2. The molecule has 1 aromatic heterocycles. The Kier molecular flexibility index (Phi) is 6.06. The highest BCUT2D eigenvalue weighted by molar-refractivity contribution is 6.06. The molecule has 3 rings (SSSR count). The number of carbonyl (C=O) groups excluding carboxylic acids is 1. The smallest absolute Gasteiger partial charge is 0.274 e. The SMILES string of the molecule is COCCOc1ccc(NC(=O)c2cc(N(C)C)c3ccccc3n2)cc1F. The van der Waals surface area contributed by atoms with Crippen LogP contribution in [0.1, 0.15) is 10.5 Å². The van der Waals surface area contributed by atoms with Crippen molar-refractivity contribution in [2.24, 2.45) is 0 Å². The molecule has 7 heteroatoms. The highest BCUT2D eigenvalue weighted by Gasteiger charge is 2.14. The van der Waals surface area contributed by atoms with Crippen molar-refractivity contribution in [2.45, 2.75) is 0 Å². The molecule has 0 unspecified atom stereocenters. The van der Waals surface area contributed by atoms with Crippen LogP contribution in [0.2, 0.25) is 0 Å². The molecule has 0 aliphatic heterocycles. The van der Waals surface area contributed by atoms with Gasteiger partial charge < -0.3 is 19.7 Å². The number of aromatic nitrogens is 1. The first-order chi connectivity index (χ1) is 13.5. The van der Waals surface area contributed by atoms with Crippen LogP contribution < -0.4 is 15.0 Å². The van der Waals surface area contributed by atoms with Crippen LogP contribution in [0, 0.1) is 5.82 Å². The fourth-order valence-electron chi connectivity index (χ4n) is 2.77. The number of ether oxygens (including phenoxy) is 2. The third-order valence-electron chi connectivity index (χ3n) is 4.14. The van der Waals surface area contributed by atoms with E-state index in [1.54, 1.807) is 19.2 Å². The summed E-state index contributed by atoms with van der Waals surface area (Å²) in [6.45, 7) is 0.604. The van der Waals surface area contributed by atoms with Crippen molar-refractivity contribution < 1.29 is 18.7 Å². The third-order valence-corrected chi connectivity index (χ3v) is 4.14. The average molecular weight is 383 g/mol. The Morgan fingerprint density at radius 1 is 1.14 bits per heavy atom. The summed E-state index contributed by atoms with van der Waals surface area (Å²) < 4.78 is 24.3. The summed E-state index contributed by atoms with van der Waals surface area (Å²) in [5.74, 6) is -0.871. The maximum Gasteiger partial charge on any atom is 0.274 e. The molecular weight excluding hydrogens is 361 g/mol. The first-order valence-corrected chi connectivity index (χ1v) is 8.79. The van der Waals surface area contributed by atoms with Gasteiger partial charge in [-0.1, -0.05) is 18.2 Å². The van der Waals surface area contributed by atoms with Gasteiger partial charge in [0, 0.05) is 44.0 Å². The normalized spacial score (nSPS) is 10.7. The van der Waals surface area contributed by atoms with E-state index in [2.05, 4.69) is 10.3 Å². The zero-order chi connectivity index (χ0) is 20.1. The number of nitrogens with one attached hydrogen (secondary N) is 1. The maximum absolute atomic E-state index is 14.2. The summed E-state index contributed by atoms with van der Waals surface area (Å²) in [4.78, 5) is 19.0. The van der Waals surface area contributed by atoms with Crippen molar-refractivity contribution in [2.75, 3.05) is 44.6 Å². The topological polar surface area (TPSA) is 63.7 Å². The summed E-state index contributed by atoms with van der Waals surface area (Å²) in [7, 11) is 5.35. The van der Waals surface area contributed by atoms with E-state index in [1.165, 1.54) is 12.1 Å². The molecule has 1 heterocycles. The second-order valence-electron chi connectivity index (χ2n) is 6.38. The van der Waals surface area contributed by atoms with Crippen molar-refractivity contribution in [1.82, 2.24) is 4.98 Å². The maximum atomic E-state index is 14.2. The number of hydrogen-bond donors (Lipinski definition) is 1. The number of rotatable bonds is 7. The van der Waals surface area contributed by atoms with Crippen LogP contribution in [-0.2, 0) is 4.74 Å². The van der Waals surface area contributed by atoms with E-state index < -0.39 is 11.7 Å². The van der Waals surface area contributed by atoms with Gasteiger partial charge in [-0.15, -0.1) is 0 Å². The molecule has 1 N–H and O–H groups in total. The van der Waals surface area contributed by atoms with Crippen LogP contribution in [0.5, 0.6) is 5.75 Å². The number of methoxy groups -OCH3 is 1. The summed E-state index contributed by atoms with van der Waals surface area (Å²) in [5.41, 5.74) is 2.17. The lowest BCUT2D eigenvalue weighted by Crippen LogP contribution is -2.16. The van der Waals surface area contributed by atoms with E-state index in [4.69, 9.17) is 9.47 Å². The number of para-hydroxylation sites is 1. The summed E-state index contributed by atoms with van der Waals surface area (Å²) >= 11 is 0. The van der Waals surface area contributed by atoms with Gasteiger partial charge in [-0.2, -0.15) is 0 Å².